The molecule has 1 aliphatic heterocycles. The highest BCUT2D eigenvalue weighted by Gasteiger charge is 2.28. The molecule has 0 saturated heterocycles. The van der Waals surface area contributed by atoms with E-state index in [1.54, 1.807) is 35.2 Å². The molecule has 1 aliphatic rings. The molecule has 6 nitrogen and oxygen atoms in total. The zero-order valence-corrected chi connectivity index (χ0v) is 19.1. The summed E-state index contributed by atoms with van der Waals surface area (Å²) in [6, 6.07) is 20.8. The maximum atomic E-state index is 12.9. The fraction of sp³-hybridized carbons (Fsp3) is 0.208. The van der Waals surface area contributed by atoms with Crippen molar-refractivity contribution in [3.8, 4) is 5.75 Å². The highest BCUT2D eigenvalue weighted by atomic mass is 35.5. The van der Waals surface area contributed by atoms with E-state index in [0.717, 1.165) is 17.5 Å². The zero-order valence-electron chi connectivity index (χ0n) is 17.5. The van der Waals surface area contributed by atoms with Crippen LogP contribution >= 0.6 is 11.6 Å². The molecule has 1 N–H and O–H groups in total. The minimum atomic E-state index is -3.82. The van der Waals surface area contributed by atoms with Gasteiger partial charge in [-0.05, 0) is 48.4 Å². The molecule has 0 saturated carbocycles. The van der Waals surface area contributed by atoms with Crippen LogP contribution in [0.15, 0.2) is 77.7 Å². The number of fused-ring (bicyclic) bond motifs is 1. The van der Waals surface area contributed by atoms with Crippen LogP contribution in [-0.4, -0.2) is 25.8 Å². The number of amides is 1. The number of carbonyl (C=O) groups excluding carboxylic acids is 1. The van der Waals surface area contributed by atoms with Crippen molar-refractivity contribution < 1.29 is 17.9 Å². The number of benzene rings is 3. The summed E-state index contributed by atoms with van der Waals surface area (Å²) in [5, 5.41) is 0.337. The maximum Gasteiger partial charge on any atom is 0.261 e. The lowest BCUT2D eigenvalue weighted by molar-refractivity contribution is -0.135. The molecule has 32 heavy (non-hydrogen) atoms. The Balaban J connectivity index is 1.63. The van der Waals surface area contributed by atoms with Crippen molar-refractivity contribution in [3.63, 3.8) is 0 Å². The van der Waals surface area contributed by atoms with E-state index >= 15 is 0 Å². The number of nitrogens with zero attached hydrogens (tertiary/aromatic N) is 1. The van der Waals surface area contributed by atoms with Crippen LogP contribution in [0, 0.1) is 0 Å². The minimum Gasteiger partial charge on any atom is -0.483 e. The van der Waals surface area contributed by atoms with Crippen molar-refractivity contribution in [2.24, 2.45) is 0 Å². The molecule has 166 valence electrons. The van der Waals surface area contributed by atoms with Crippen LogP contribution < -0.4 is 9.46 Å². The molecular weight excluding hydrogens is 448 g/mol. The molecule has 3 aromatic carbocycles. The standard InChI is InChI=1S/C24H23ClN2O4S/c1-2-22(17-7-4-3-5-8-17)27-15-18-13-20(11-12-23(18)31-16-24(27)28)26-32(29,30)21-10-6-9-19(25)14-21/h3-14,22,26H,2,15-16H2,1H3/t22-/m0/s1. The summed E-state index contributed by atoms with van der Waals surface area (Å²) in [5.74, 6) is 0.451. The number of rotatable bonds is 6. The first-order chi connectivity index (χ1) is 15.4. The first-order valence-electron chi connectivity index (χ1n) is 10.3. The van der Waals surface area contributed by atoms with E-state index in [9.17, 15) is 13.2 Å². The van der Waals surface area contributed by atoms with Gasteiger partial charge in [-0.1, -0.05) is 54.9 Å². The van der Waals surface area contributed by atoms with Gasteiger partial charge in [0.05, 0.1) is 17.5 Å². The molecule has 3 aromatic rings. The van der Waals surface area contributed by atoms with Crippen molar-refractivity contribution in [2.45, 2.75) is 30.8 Å². The van der Waals surface area contributed by atoms with Crippen molar-refractivity contribution >= 4 is 33.2 Å². The Morgan fingerprint density at radius 3 is 2.56 bits per heavy atom. The first-order valence-corrected chi connectivity index (χ1v) is 12.1. The summed E-state index contributed by atoms with van der Waals surface area (Å²) in [6.07, 6.45) is 0.742. The molecule has 0 radical (unpaired) electrons. The Labute approximate surface area is 192 Å². The third kappa shape index (κ3) is 4.74. The summed E-state index contributed by atoms with van der Waals surface area (Å²) in [7, 11) is -3.82. The molecule has 1 amide bonds. The molecule has 1 heterocycles. The molecule has 0 unspecified atom stereocenters. The average Bonchev–Trinajstić information content (AvgIpc) is 2.94. The van der Waals surface area contributed by atoms with Gasteiger partial charge in [0, 0.05) is 16.3 Å². The topological polar surface area (TPSA) is 75.7 Å². The third-order valence-electron chi connectivity index (χ3n) is 5.38. The van der Waals surface area contributed by atoms with Gasteiger partial charge in [-0.3, -0.25) is 9.52 Å². The second-order valence-corrected chi connectivity index (χ2v) is 9.65. The second-order valence-electron chi connectivity index (χ2n) is 7.53. The minimum absolute atomic E-state index is 0.0656. The lowest BCUT2D eigenvalue weighted by Crippen LogP contribution is -2.35. The number of ether oxygens (including phenoxy) is 1. The smallest absolute Gasteiger partial charge is 0.261 e. The summed E-state index contributed by atoms with van der Waals surface area (Å²) >= 11 is 5.94. The lowest BCUT2D eigenvalue weighted by atomic mass is 10.0. The SMILES string of the molecule is CC[C@@H](c1ccccc1)N1Cc2cc(NS(=O)(=O)c3cccc(Cl)c3)ccc2OCC1=O. The summed E-state index contributed by atoms with van der Waals surface area (Å²) in [4.78, 5) is 14.7. The predicted octanol–water partition coefficient (Wildman–Crippen LogP) is 5.01. The van der Waals surface area contributed by atoms with Crippen LogP contribution in [0.5, 0.6) is 5.75 Å². The molecule has 4 rings (SSSR count). The van der Waals surface area contributed by atoms with Crippen LogP contribution in [0.3, 0.4) is 0 Å². The van der Waals surface area contributed by atoms with E-state index < -0.39 is 10.0 Å². The van der Waals surface area contributed by atoms with Crippen LogP contribution in [-0.2, 0) is 21.4 Å². The molecule has 0 bridgehead atoms. The zero-order chi connectivity index (χ0) is 22.7. The van der Waals surface area contributed by atoms with Gasteiger partial charge in [0.2, 0.25) is 0 Å². The predicted molar refractivity (Wildman–Crippen MR) is 124 cm³/mol. The molecule has 1 atom stereocenters. The summed E-state index contributed by atoms with van der Waals surface area (Å²) in [5.41, 5.74) is 2.16. The van der Waals surface area contributed by atoms with Crippen LogP contribution in [0.4, 0.5) is 5.69 Å². The van der Waals surface area contributed by atoms with Gasteiger partial charge >= 0.3 is 0 Å². The quantitative estimate of drug-likeness (QED) is 0.549. The third-order valence-corrected chi connectivity index (χ3v) is 6.99. The van der Waals surface area contributed by atoms with Crippen LogP contribution in [0.2, 0.25) is 5.02 Å². The Kier molecular flexibility index (Phi) is 6.39. The number of hydrogen-bond donors (Lipinski definition) is 1. The fourth-order valence-electron chi connectivity index (χ4n) is 3.84. The maximum absolute atomic E-state index is 12.9. The normalized spacial score (nSPS) is 14.8. The van der Waals surface area contributed by atoms with Gasteiger partial charge in [0.1, 0.15) is 5.75 Å². The van der Waals surface area contributed by atoms with E-state index in [1.165, 1.54) is 12.1 Å². The van der Waals surface area contributed by atoms with E-state index in [-0.39, 0.29) is 23.5 Å². The number of hydrogen-bond acceptors (Lipinski definition) is 4. The van der Waals surface area contributed by atoms with Gasteiger partial charge in [0.25, 0.3) is 15.9 Å². The van der Waals surface area contributed by atoms with Gasteiger partial charge in [-0.2, -0.15) is 0 Å². The van der Waals surface area contributed by atoms with Gasteiger partial charge in [0.15, 0.2) is 6.61 Å². The number of sulfonamides is 1. The molecular formula is C24H23ClN2O4S. The van der Waals surface area contributed by atoms with Gasteiger partial charge in [-0.25, -0.2) is 8.42 Å². The van der Waals surface area contributed by atoms with Crippen molar-refractivity contribution in [2.75, 3.05) is 11.3 Å². The molecule has 0 fully saturated rings. The average molecular weight is 471 g/mol. The fourth-order valence-corrected chi connectivity index (χ4v) is 5.19. The summed E-state index contributed by atoms with van der Waals surface area (Å²) in [6.45, 7) is 2.28. The van der Waals surface area contributed by atoms with E-state index in [2.05, 4.69) is 4.72 Å². The Morgan fingerprint density at radius 1 is 1.06 bits per heavy atom. The van der Waals surface area contributed by atoms with Crippen molar-refractivity contribution in [1.29, 1.82) is 0 Å². The Bertz CT molecular complexity index is 1230. The van der Waals surface area contributed by atoms with Crippen LogP contribution in [0.25, 0.3) is 0 Å². The highest BCUT2D eigenvalue weighted by Crippen LogP contribution is 2.33. The second kappa shape index (κ2) is 9.22. The molecule has 0 aromatic heterocycles. The molecule has 0 spiro atoms. The number of halogens is 1. The van der Waals surface area contributed by atoms with Gasteiger partial charge < -0.3 is 9.64 Å². The number of nitrogens with one attached hydrogen (secondary N) is 1. The summed E-state index contributed by atoms with van der Waals surface area (Å²) < 4.78 is 33.9. The Morgan fingerprint density at radius 2 is 1.84 bits per heavy atom. The van der Waals surface area contributed by atoms with Crippen molar-refractivity contribution in [3.05, 3.63) is 88.9 Å². The largest absolute Gasteiger partial charge is 0.483 e. The van der Waals surface area contributed by atoms with Crippen molar-refractivity contribution in [1.82, 2.24) is 4.90 Å². The van der Waals surface area contributed by atoms with E-state index in [0.29, 0.717) is 23.0 Å². The molecule has 8 heteroatoms. The molecule has 0 aliphatic carbocycles. The number of anilines is 1. The van der Waals surface area contributed by atoms with E-state index in [4.69, 9.17) is 16.3 Å². The monoisotopic (exact) mass is 470 g/mol. The van der Waals surface area contributed by atoms with E-state index in [1.807, 2.05) is 37.3 Å². The first kappa shape index (κ1) is 22.2. The van der Waals surface area contributed by atoms with Gasteiger partial charge in [-0.15, -0.1) is 0 Å². The number of carbonyl (C=O) groups is 1. The highest BCUT2D eigenvalue weighted by molar-refractivity contribution is 7.92. The lowest BCUT2D eigenvalue weighted by Gasteiger charge is -2.30. The Hall–Kier alpha value is -3.03. The van der Waals surface area contributed by atoms with Crippen LogP contribution in [0.1, 0.15) is 30.5 Å².